The molecule has 0 spiro atoms. The standard InChI is InChI=1S/C15H19F2NO2.C7H7ClS.2C2H6/c1-3-4-5-10-13(18-9(2)19)8-20-15-12(17)7-6-11(16)14(10)15;8-6-2-1-3-7(9)5-4-6;2*1-2/h6-7,10,13H,3-5,8H2,1-2H3,(H,18,19);1,3-5,9H,2H2;2*1-2H3/t10-,13?;;;/m1.../s1. The van der Waals surface area contributed by atoms with Crippen molar-refractivity contribution >= 4 is 30.1 Å². The molecule has 3 nitrogen and oxygen atoms in total. The molecular formula is C26H38ClF2NO2S. The van der Waals surface area contributed by atoms with Crippen molar-refractivity contribution in [3.63, 3.8) is 0 Å². The van der Waals surface area contributed by atoms with Crippen LogP contribution in [0.3, 0.4) is 0 Å². The van der Waals surface area contributed by atoms with Crippen molar-refractivity contribution in [1.29, 1.82) is 0 Å². The van der Waals surface area contributed by atoms with Crippen molar-refractivity contribution in [1.82, 2.24) is 5.32 Å². The quantitative estimate of drug-likeness (QED) is 0.409. The molecule has 1 heterocycles. The molecule has 0 saturated carbocycles. The van der Waals surface area contributed by atoms with Gasteiger partial charge in [0.1, 0.15) is 12.4 Å². The SMILES string of the molecule is CC.CC.CCCC[C@H]1c2c(F)ccc(F)c2OCC1NC(C)=O.SC1=CC=C(Cl)CC=C1. The average molecular weight is 502 g/mol. The first-order chi connectivity index (χ1) is 15.8. The van der Waals surface area contributed by atoms with Gasteiger partial charge in [0.15, 0.2) is 11.6 Å². The second-order valence-electron chi connectivity index (χ2n) is 6.95. The van der Waals surface area contributed by atoms with E-state index in [-0.39, 0.29) is 35.8 Å². The minimum Gasteiger partial charge on any atom is -0.488 e. The van der Waals surface area contributed by atoms with Gasteiger partial charge in [-0.3, -0.25) is 4.79 Å². The number of amides is 1. The van der Waals surface area contributed by atoms with Gasteiger partial charge in [0.2, 0.25) is 5.91 Å². The number of thiol groups is 1. The molecule has 2 aliphatic rings. The summed E-state index contributed by atoms with van der Waals surface area (Å²) in [6.45, 7) is 11.6. The first-order valence-corrected chi connectivity index (χ1v) is 12.5. The van der Waals surface area contributed by atoms with Crippen LogP contribution >= 0.6 is 24.2 Å². The summed E-state index contributed by atoms with van der Waals surface area (Å²) in [6.07, 6.45) is 11.0. The van der Waals surface area contributed by atoms with Gasteiger partial charge in [-0.2, -0.15) is 0 Å². The number of ether oxygens (including phenoxy) is 1. The molecule has 3 rings (SSSR count). The Morgan fingerprint density at radius 1 is 1.18 bits per heavy atom. The first-order valence-electron chi connectivity index (χ1n) is 11.6. The Morgan fingerprint density at radius 3 is 2.42 bits per heavy atom. The van der Waals surface area contributed by atoms with Crippen molar-refractivity contribution in [2.45, 2.75) is 79.2 Å². The zero-order valence-electron chi connectivity index (χ0n) is 20.6. The zero-order valence-corrected chi connectivity index (χ0v) is 22.2. The van der Waals surface area contributed by atoms with Crippen LogP contribution in [-0.2, 0) is 4.79 Å². The average Bonchev–Trinajstić information content (AvgIpc) is 3.01. The molecule has 7 heteroatoms. The fraction of sp³-hybridized carbons (Fsp3) is 0.500. The highest BCUT2D eigenvalue weighted by Gasteiger charge is 2.35. The molecule has 33 heavy (non-hydrogen) atoms. The minimum absolute atomic E-state index is 0.00675. The van der Waals surface area contributed by atoms with Crippen LogP contribution in [0.2, 0.25) is 0 Å². The molecule has 0 saturated heterocycles. The third-order valence-corrected chi connectivity index (χ3v) is 5.23. The Hall–Kier alpha value is -1.79. The second kappa shape index (κ2) is 17.7. The molecule has 1 aliphatic heterocycles. The van der Waals surface area contributed by atoms with E-state index in [1.165, 1.54) is 6.92 Å². The lowest BCUT2D eigenvalue weighted by Gasteiger charge is -2.34. The zero-order chi connectivity index (χ0) is 25.4. The van der Waals surface area contributed by atoms with Gasteiger partial charge in [-0.1, -0.05) is 71.2 Å². The predicted octanol–water partition coefficient (Wildman–Crippen LogP) is 8.07. The van der Waals surface area contributed by atoms with E-state index >= 15 is 0 Å². The number of unbranched alkanes of at least 4 members (excludes halogenated alkanes) is 1. The number of hydrogen-bond acceptors (Lipinski definition) is 3. The summed E-state index contributed by atoms with van der Waals surface area (Å²) in [5.41, 5.74) is 0.253. The van der Waals surface area contributed by atoms with Gasteiger partial charge in [-0.25, -0.2) is 8.78 Å². The van der Waals surface area contributed by atoms with Gasteiger partial charge >= 0.3 is 0 Å². The Kier molecular flexibility index (Phi) is 16.7. The Bertz CT molecular complexity index is 825. The maximum Gasteiger partial charge on any atom is 0.217 e. The minimum atomic E-state index is -0.552. The number of carbonyl (C=O) groups excluding carboxylic acids is 1. The van der Waals surface area contributed by atoms with Crippen LogP contribution in [0.15, 0.2) is 46.4 Å². The molecule has 1 aliphatic carbocycles. The van der Waals surface area contributed by atoms with E-state index in [0.717, 1.165) is 41.3 Å². The number of rotatable bonds is 4. The Balaban J connectivity index is 0.000000658. The number of halogens is 3. The van der Waals surface area contributed by atoms with Gasteiger partial charge in [0.05, 0.1) is 6.04 Å². The van der Waals surface area contributed by atoms with Crippen LogP contribution in [0.5, 0.6) is 5.75 Å². The molecule has 2 atom stereocenters. The molecule has 186 valence electrons. The number of allylic oxidation sites excluding steroid dienone is 5. The molecule has 0 bridgehead atoms. The maximum atomic E-state index is 14.1. The number of nitrogens with one attached hydrogen (secondary N) is 1. The molecule has 0 aromatic heterocycles. The van der Waals surface area contributed by atoms with Crippen molar-refractivity contribution < 1.29 is 18.3 Å². The topological polar surface area (TPSA) is 38.3 Å². The molecule has 1 unspecified atom stereocenters. The highest BCUT2D eigenvalue weighted by molar-refractivity contribution is 7.84. The van der Waals surface area contributed by atoms with E-state index in [9.17, 15) is 13.6 Å². The van der Waals surface area contributed by atoms with Crippen LogP contribution in [0.25, 0.3) is 0 Å². The lowest BCUT2D eigenvalue weighted by molar-refractivity contribution is -0.120. The molecule has 1 aromatic rings. The normalized spacial score (nSPS) is 18.1. The summed E-state index contributed by atoms with van der Waals surface area (Å²) < 4.78 is 33.2. The second-order valence-corrected chi connectivity index (χ2v) is 7.95. The van der Waals surface area contributed by atoms with Crippen LogP contribution < -0.4 is 10.1 Å². The summed E-state index contributed by atoms with van der Waals surface area (Å²) >= 11 is 9.86. The number of benzene rings is 1. The van der Waals surface area contributed by atoms with Crippen LogP contribution in [0.1, 0.15) is 78.7 Å². The molecule has 0 fully saturated rings. The lowest BCUT2D eigenvalue weighted by Crippen LogP contribution is -2.45. The van der Waals surface area contributed by atoms with Crippen molar-refractivity contribution in [3.8, 4) is 5.75 Å². The predicted molar refractivity (Wildman–Crippen MR) is 139 cm³/mol. The maximum absolute atomic E-state index is 14.1. The Morgan fingerprint density at radius 2 is 1.82 bits per heavy atom. The summed E-state index contributed by atoms with van der Waals surface area (Å²) in [4.78, 5) is 12.2. The molecular weight excluding hydrogens is 464 g/mol. The summed E-state index contributed by atoms with van der Waals surface area (Å²) in [5, 5.41) is 3.63. The van der Waals surface area contributed by atoms with Gasteiger partial charge in [-0.15, -0.1) is 12.6 Å². The van der Waals surface area contributed by atoms with E-state index in [0.29, 0.717) is 6.42 Å². The van der Waals surface area contributed by atoms with E-state index in [1.807, 2.05) is 58.9 Å². The van der Waals surface area contributed by atoms with E-state index in [4.69, 9.17) is 16.3 Å². The van der Waals surface area contributed by atoms with Crippen molar-refractivity contribution in [3.05, 3.63) is 63.6 Å². The Labute approximate surface area is 208 Å². The summed E-state index contributed by atoms with van der Waals surface area (Å²) in [7, 11) is 0. The number of hydrogen-bond donors (Lipinski definition) is 2. The summed E-state index contributed by atoms with van der Waals surface area (Å²) in [5.74, 6) is -1.48. The molecule has 1 amide bonds. The highest BCUT2D eigenvalue weighted by Crippen LogP contribution is 2.40. The molecule has 1 N–H and O–H groups in total. The monoisotopic (exact) mass is 501 g/mol. The third-order valence-electron chi connectivity index (χ3n) is 4.65. The lowest BCUT2D eigenvalue weighted by atomic mass is 9.84. The van der Waals surface area contributed by atoms with Crippen LogP contribution in [-0.4, -0.2) is 18.6 Å². The van der Waals surface area contributed by atoms with E-state index in [2.05, 4.69) is 17.9 Å². The summed E-state index contributed by atoms with van der Waals surface area (Å²) in [6, 6.07) is 1.87. The van der Waals surface area contributed by atoms with Gasteiger partial charge in [0.25, 0.3) is 0 Å². The largest absolute Gasteiger partial charge is 0.488 e. The first kappa shape index (κ1) is 31.2. The van der Waals surface area contributed by atoms with Crippen molar-refractivity contribution in [2.24, 2.45) is 0 Å². The number of fused-ring (bicyclic) bond motifs is 1. The van der Waals surface area contributed by atoms with Gasteiger partial charge in [-0.05, 0) is 30.7 Å². The van der Waals surface area contributed by atoms with E-state index < -0.39 is 11.6 Å². The van der Waals surface area contributed by atoms with E-state index in [1.54, 1.807) is 0 Å². The highest BCUT2D eigenvalue weighted by atomic mass is 35.5. The molecule has 1 aromatic carbocycles. The van der Waals surface area contributed by atoms with Crippen molar-refractivity contribution in [2.75, 3.05) is 6.61 Å². The smallest absolute Gasteiger partial charge is 0.217 e. The van der Waals surface area contributed by atoms with Gasteiger partial charge in [0, 0.05) is 34.8 Å². The number of carbonyl (C=O) groups is 1. The van der Waals surface area contributed by atoms with Crippen LogP contribution in [0, 0.1) is 11.6 Å². The van der Waals surface area contributed by atoms with Crippen LogP contribution in [0.4, 0.5) is 8.78 Å². The fourth-order valence-corrected chi connectivity index (χ4v) is 3.63. The third kappa shape index (κ3) is 10.8. The molecule has 0 radical (unpaired) electrons. The fourth-order valence-electron chi connectivity index (χ4n) is 3.30. The van der Waals surface area contributed by atoms with Gasteiger partial charge < -0.3 is 10.1 Å².